The second kappa shape index (κ2) is 11.5. The van der Waals surface area contributed by atoms with Crippen LogP contribution < -0.4 is 10.6 Å². The predicted octanol–water partition coefficient (Wildman–Crippen LogP) is 0.956. The molecular formula is C23H34N4O4S. The number of piperidine rings is 1. The van der Waals surface area contributed by atoms with Crippen LogP contribution >= 0.6 is 0 Å². The normalized spacial score (nSPS) is 16.4. The quantitative estimate of drug-likeness (QED) is 0.533. The summed E-state index contributed by atoms with van der Waals surface area (Å²) in [6, 6.07) is 6.29. The minimum absolute atomic E-state index is 0.0727. The monoisotopic (exact) mass is 462 g/mol. The van der Waals surface area contributed by atoms with E-state index in [9.17, 15) is 18.0 Å². The van der Waals surface area contributed by atoms with Crippen molar-refractivity contribution in [2.75, 3.05) is 39.0 Å². The van der Waals surface area contributed by atoms with Gasteiger partial charge in [0.1, 0.15) is 0 Å². The summed E-state index contributed by atoms with van der Waals surface area (Å²) in [5.41, 5.74) is 3.82. The molecule has 1 atom stereocenters. The molecule has 0 bridgehead atoms. The molecule has 1 aromatic rings. The van der Waals surface area contributed by atoms with Gasteiger partial charge in [-0.15, -0.1) is 6.42 Å². The number of hydrogen-bond donors (Lipinski definition) is 2. The highest BCUT2D eigenvalue weighted by Crippen LogP contribution is 2.29. The third-order valence-corrected chi connectivity index (χ3v) is 7.39. The summed E-state index contributed by atoms with van der Waals surface area (Å²) in [5, 5.41) is 4.90. The lowest BCUT2D eigenvalue weighted by atomic mass is 9.95. The summed E-state index contributed by atoms with van der Waals surface area (Å²) in [4.78, 5) is 26.2. The first kappa shape index (κ1) is 25.8. The molecule has 2 N–H and O–H groups in total. The fourth-order valence-corrected chi connectivity index (χ4v) is 5.19. The Morgan fingerprint density at radius 2 is 1.88 bits per heavy atom. The Morgan fingerprint density at radius 3 is 2.47 bits per heavy atom. The number of aryl methyl sites for hydroxylation is 1. The van der Waals surface area contributed by atoms with Crippen molar-refractivity contribution in [3.8, 4) is 12.3 Å². The SMILES string of the molecule is C#CCNC(=O)CNC(=O)CN(C1CCN(C(C)c2cccc(C)c2C)CC1)S(C)(=O)=O. The van der Waals surface area contributed by atoms with Crippen molar-refractivity contribution in [2.24, 2.45) is 0 Å². The van der Waals surface area contributed by atoms with E-state index in [1.165, 1.54) is 21.0 Å². The van der Waals surface area contributed by atoms with Crippen molar-refractivity contribution in [1.29, 1.82) is 0 Å². The van der Waals surface area contributed by atoms with Crippen LogP contribution in [-0.4, -0.2) is 74.5 Å². The fourth-order valence-electron chi connectivity index (χ4n) is 4.09. The highest BCUT2D eigenvalue weighted by atomic mass is 32.2. The Morgan fingerprint density at radius 1 is 1.22 bits per heavy atom. The van der Waals surface area contributed by atoms with Crippen molar-refractivity contribution in [2.45, 2.75) is 45.7 Å². The maximum atomic E-state index is 12.4. The lowest BCUT2D eigenvalue weighted by Crippen LogP contribution is -2.51. The standard InChI is InChI=1S/C23H34N4O4S/c1-6-12-24-22(28)15-25-23(29)16-27(32(5,30)31)20-10-13-26(14-11-20)19(4)21-9-7-8-17(2)18(21)3/h1,7-9,19-20H,10-16H2,2-5H3,(H,24,28)(H,25,29). The average molecular weight is 463 g/mol. The van der Waals surface area contributed by atoms with Crippen LogP contribution in [0.4, 0.5) is 0 Å². The molecule has 1 heterocycles. The van der Waals surface area contributed by atoms with Gasteiger partial charge in [0.15, 0.2) is 0 Å². The van der Waals surface area contributed by atoms with Crippen LogP contribution in [0, 0.1) is 26.2 Å². The first-order chi connectivity index (χ1) is 15.0. The Hall–Kier alpha value is -2.41. The van der Waals surface area contributed by atoms with Crippen LogP contribution in [0.5, 0.6) is 0 Å². The zero-order chi connectivity index (χ0) is 23.9. The third-order valence-electron chi connectivity index (χ3n) is 6.11. The van der Waals surface area contributed by atoms with Crippen LogP contribution in [-0.2, 0) is 19.6 Å². The van der Waals surface area contributed by atoms with E-state index in [1.807, 2.05) is 0 Å². The molecule has 1 aliphatic rings. The van der Waals surface area contributed by atoms with Gasteiger partial charge in [-0.1, -0.05) is 24.1 Å². The number of amides is 2. The van der Waals surface area contributed by atoms with Gasteiger partial charge < -0.3 is 10.6 Å². The second-order valence-corrected chi connectivity index (χ2v) is 10.2. The maximum Gasteiger partial charge on any atom is 0.240 e. The molecule has 1 saturated heterocycles. The predicted molar refractivity (Wildman–Crippen MR) is 125 cm³/mol. The number of likely N-dealkylation sites (tertiary alicyclic amines) is 1. The zero-order valence-corrected chi connectivity index (χ0v) is 20.2. The van der Waals surface area contributed by atoms with E-state index in [-0.39, 0.29) is 31.7 Å². The molecule has 2 amide bonds. The van der Waals surface area contributed by atoms with Crippen molar-refractivity contribution in [1.82, 2.24) is 19.8 Å². The molecule has 0 radical (unpaired) electrons. The van der Waals surface area contributed by atoms with Crippen molar-refractivity contribution < 1.29 is 18.0 Å². The van der Waals surface area contributed by atoms with E-state index >= 15 is 0 Å². The summed E-state index contributed by atoms with van der Waals surface area (Å²) < 4.78 is 26.0. The van der Waals surface area contributed by atoms with Gasteiger partial charge in [-0.2, -0.15) is 4.31 Å². The number of nitrogens with one attached hydrogen (secondary N) is 2. The molecule has 32 heavy (non-hydrogen) atoms. The smallest absolute Gasteiger partial charge is 0.240 e. The zero-order valence-electron chi connectivity index (χ0n) is 19.3. The van der Waals surface area contributed by atoms with Gasteiger partial charge in [-0.25, -0.2) is 8.42 Å². The molecule has 0 aliphatic carbocycles. The van der Waals surface area contributed by atoms with Gasteiger partial charge in [0.05, 0.1) is 25.9 Å². The van der Waals surface area contributed by atoms with Gasteiger partial charge in [0, 0.05) is 25.2 Å². The number of nitrogens with zero attached hydrogens (tertiary/aromatic N) is 2. The number of terminal acetylenes is 1. The van der Waals surface area contributed by atoms with Crippen LogP contribution in [0.1, 0.15) is 42.5 Å². The first-order valence-corrected chi connectivity index (χ1v) is 12.6. The lowest BCUT2D eigenvalue weighted by Gasteiger charge is -2.40. The number of rotatable bonds is 9. The molecule has 0 aromatic heterocycles. The molecule has 1 unspecified atom stereocenters. The molecule has 2 rings (SSSR count). The van der Waals surface area contributed by atoms with Crippen LogP contribution in [0.3, 0.4) is 0 Å². The summed E-state index contributed by atoms with van der Waals surface area (Å²) in [7, 11) is -3.59. The minimum atomic E-state index is -3.59. The van der Waals surface area contributed by atoms with Crippen molar-refractivity contribution in [3.63, 3.8) is 0 Å². The van der Waals surface area contributed by atoms with Crippen molar-refractivity contribution >= 4 is 21.8 Å². The highest BCUT2D eigenvalue weighted by molar-refractivity contribution is 7.88. The van der Waals surface area contributed by atoms with Gasteiger partial charge in [0.2, 0.25) is 21.8 Å². The third kappa shape index (κ3) is 7.05. The molecular weight excluding hydrogens is 428 g/mol. The Kier molecular flexibility index (Phi) is 9.25. The Bertz CT molecular complexity index is 963. The van der Waals surface area contributed by atoms with Gasteiger partial charge in [-0.3, -0.25) is 14.5 Å². The molecule has 8 nitrogen and oxygen atoms in total. The maximum absolute atomic E-state index is 12.4. The molecule has 0 spiro atoms. The van der Waals surface area contributed by atoms with Crippen LogP contribution in [0.2, 0.25) is 0 Å². The van der Waals surface area contributed by atoms with E-state index in [2.05, 4.69) is 60.4 Å². The number of carbonyl (C=O) groups excluding carboxylic acids is 2. The van der Waals surface area contributed by atoms with Crippen LogP contribution in [0.15, 0.2) is 18.2 Å². The van der Waals surface area contributed by atoms with E-state index in [4.69, 9.17) is 6.42 Å². The Balaban J connectivity index is 1.97. The second-order valence-electron chi connectivity index (χ2n) is 8.30. The summed E-state index contributed by atoms with van der Waals surface area (Å²) in [5.74, 6) is 1.34. The number of sulfonamides is 1. The topological polar surface area (TPSA) is 98.8 Å². The largest absolute Gasteiger partial charge is 0.346 e. The van der Waals surface area contributed by atoms with Gasteiger partial charge >= 0.3 is 0 Å². The Labute approximate surface area is 191 Å². The number of benzene rings is 1. The van der Waals surface area contributed by atoms with Crippen molar-refractivity contribution in [3.05, 3.63) is 34.9 Å². The lowest BCUT2D eigenvalue weighted by molar-refractivity contribution is -0.126. The average Bonchev–Trinajstić information content (AvgIpc) is 2.75. The van der Waals surface area contributed by atoms with Crippen LogP contribution in [0.25, 0.3) is 0 Å². The minimum Gasteiger partial charge on any atom is -0.346 e. The molecule has 0 saturated carbocycles. The summed E-state index contributed by atoms with van der Waals surface area (Å²) >= 11 is 0. The molecule has 176 valence electrons. The van der Waals surface area contributed by atoms with E-state index < -0.39 is 21.8 Å². The van der Waals surface area contributed by atoms with E-state index in [0.29, 0.717) is 12.8 Å². The van der Waals surface area contributed by atoms with E-state index in [1.54, 1.807) is 0 Å². The highest BCUT2D eigenvalue weighted by Gasteiger charge is 2.33. The van der Waals surface area contributed by atoms with E-state index in [0.717, 1.165) is 19.3 Å². The molecule has 1 aromatic carbocycles. The molecule has 1 aliphatic heterocycles. The van der Waals surface area contributed by atoms with Gasteiger partial charge in [-0.05, 0) is 50.3 Å². The number of carbonyl (C=O) groups is 2. The molecule has 9 heteroatoms. The summed E-state index contributed by atoms with van der Waals surface area (Å²) in [6.07, 6.45) is 7.47. The molecule has 1 fully saturated rings. The number of hydrogen-bond acceptors (Lipinski definition) is 5. The summed E-state index contributed by atoms with van der Waals surface area (Å²) in [6.45, 7) is 7.40. The fraction of sp³-hybridized carbons (Fsp3) is 0.565. The van der Waals surface area contributed by atoms with Gasteiger partial charge in [0.25, 0.3) is 0 Å². The first-order valence-electron chi connectivity index (χ1n) is 10.8.